The number of fused-ring (bicyclic) bond motifs is 1. The maximum Gasteiger partial charge on any atom is 0.288 e. The molecule has 1 aliphatic rings. The smallest absolute Gasteiger partial charge is 0.288 e. The Hall–Kier alpha value is -2.89. The van der Waals surface area contributed by atoms with Crippen molar-refractivity contribution in [3.63, 3.8) is 0 Å². The van der Waals surface area contributed by atoms with E-state index in [2.05, 4.69) is 15.8 Å². The molecular weight excluding hydrogens is 270 g/mol. The van der Waals surface area contributed by atoms with E-state index >= 15 is 0 Å². The Balaban J connectivity index is 1.55. The Morgan fingerprint density at radius 2 is 1.90 bits per heavy atom. The summed E-state index contributed by atoms with van der Waals surface area (Å²) in [4.78, 5) is 27.6. The van der Waals surface area contributed by atoms with Gasteiger partial charge in [-0.05, 0) is 23.8 Å². The van der Waals surface area contributed by atoms with Gasteiger partial charge in [0.1, 0.15) is 11.4 Å². The van der Waals surface area contributed by atoms with E-state index in [1.54, 1.807) is 18.2 Å². The van der Waals surface area contributed by atoms with Crippen LogP contribution in [0.1, 0.15) is 16.1 Å². The van der Waals surface area contributed by atoms with E-state index in [1.807, 2.05) is 24.3 Å². The van der Waals surface area contributed by atoms with Gasteiger partial charge in [-0.2, -0.15) is 0 Å². The molecule has 1 aromatic heterocycles. The van der Waals surface area contributed by atoms with Crippen LogP contribution in [0.2, 0.25) is 0 Å². The normalized spacial score (nSPS) is 15.7. The number of rotatable bonds is 2. The van der Waals surface area contributed by atoms with Crippen LogP contribution in [-0.2, 0) is 11.2 Å². The van der Waals surface area contributed by atoms with Gasteiger partial charge in [-0.25, -0.2) is 0 Å². The minimum Gasteiger partial charge on any atom is -0.480 e. The lowest BCUT2D eigenvalue weighted by Gasteiger charge is -2.11. The van der Waals surface area contributed by atoms with E-state index in [1.165, 1.54) is 6.20 Å². The maximum atomic E-state index is 12.0. The third-order valence-corrected chi connectivity index (χ3v) is 3.14. The number of amides is 2. The summed E-state index contributed by atoms with van der Waals surface area (Å²) in [6, 6.07) is 12.4. The SMILES string of the molecule is O=C(NNC(=O)[C@H]1Cc2ccccc2O1)c1ccccn1. The first-order chi connectivity index (χ1) is 10.2. The molecule has 0 fully saturated rings. The number of hydrogen-bond donors (Lipinski definition) is 2. The molecule has 0 spiro atoms. The van der Waals surface area contributed by atoms with Crippen molar-refractivity contribution in [2.24, 2.45) is 0 Å². The van der Waals surface area contributed by atoms with Crippen LogP contribution in [0.3, 0.4) is 0 Å². The first-order valence-corrected chi connectivity index (χ1v) is 6.50. The van der Waals surface area contributed by atoms with Crippen LogP contribution in [0.25, 0.3) is 0 Å². The molecule has 2 N–H and O–H groups in total. The fourth-order valence-corrected chi connectivity index (χ4v) is 2.09. The predicted molar refractivity (Wildman–Crippen MR) is 74.4 cm³/mol. The molecule has 2 aromatic rings. The lowest BCUT2D eigenvalue weighted by Crippen LogP contribution is -2.47. The molecule has 3 rings (SSSR count). The van der Waals surface area contributed by atoms with Gasteiger partial charge in [0.2, 0.25) is 0 Å². The van der Waals surface area contributed by atoms with Crippen molar-refractivity contribution in [2.45, 2.75) is 12.5 Å². The minimum absolute atomic E-state index is 0.230. The predicted octanol–water partition coefficient (Wildman–Crippen LogP) is 0.846. The average Bonchev–Trinajstić information content (AvgIpc) is 2.97. The molecule has 0 aliphatic carbocycles. The van der Waals surface area contributed by atoms with Gasteiger partial charge in [0.15, 0.2) is 6.10 Å². The maximum absolute atomic E-state index is 12.0. The quantitative estimate of drug-likeness (QED) is 0.801. The van der Waals surface area contributed by atoms with E-state index < -0.39 is 17.9 Å². The molecule has 6 nitrogen and oxygen atoms in total. The molecule has 6 heteroatoms. The number of ether oxygens (including phenoxy) is 1. The lowest BCUT2D eigenvalue weighted by molar-refractivity contribution is -0.128. The number of nitrogens with one attached hydrogen (secondary N) is 2. The fourth-order valence-electron chi connectivity index (χ4n) is 2.09. The zero-order valence-electron chi connectivity index (χ0n) is 11.1. The zero-order chi connectivity index (χ0) is 14.7. The van der Waals surface area contributed by atoms with Crippen molar-refractivity contribution < 1.29 is 14.3 Å². The molecule has 0 saturated carbocycles. The molecule has 0 radical (unpaired) electrons. The van der Waals surface area contributed by atoms with Crippen LogP contribution in [0.5, 0.6) is 5.75 Å². The highest BCUT2D eigenvalue weighted by molar-refractivity contribution is 5.94. The van der Waals surface area contributed by atoms with Crippen LogP contribution in [0, 0.1) is 0 Å². The van der Waals surface area contributed by atoms with Gasteiger partial charge in [-0.15, -0.1) is 0 Å². The highest BCUT2D eigenvalue weighted by Gasteiger charge is 2.29. The number of aromatic nitrogens is 1. The topological polar surface area (TPSA) is 80.3 Å². The summed E-state index contributed by atoms with van der Waals surface area (Å²) >= 11 is 0. The van der Waals surface area contributed by atoms with E-state index in [0.29, 0.717) is 12.2 Å². The largest absolute Gasteiger partial charge is 0.480 e. The summed E-state index contributed by atoms with van der Waals surface area (Å²) in [5, 5.41) is 0. The minimum atomic E-state index is -0.633. The van der Waals surface area contributed by atoms with Crippen molar-refractivity contribution in [3.05, 3.63) is 59.9 Å². The Kier molecular flexibility index (Phi) is 3.51. The molecule has 1 atom stereocenters. The monoisotopic (exact) mass is 283 g/mol. The number of nitrogens with zero attached hydrogens (tertiary/aromatic N) is 1. The standard InChI is InChI=1S/C15H13N3O3/c19-14(11-6-3-4-8-16-11)17-18-15(20)13-9-10-5-1-2-7-12(10)21-13/h1-8,13H,9H2,(H,17,19)(H,18,20)/t13-/m1/s1. The Bertz CT molecular complexity index is 648. The zero-order valence-corrected chi connectivity index (χ0v) is 11.1. The summed E-state index contributed by atoms with van der Waals surface area (Å²) in [6.45, 7) is 0. The van der Waals surface area contributed by atoms with Crippen LogP contribution in [-0.4, -0.2) is 22.9 Å². The second-order valence-corrected chi connectivity index (χ2v) is 4.58. The number of benzene rings is 1. The highest BCUT2D eigenvalue weighted by atomic mass is 16.5. The fraction of sp³-hybridized carbons (Fsp3) is 0.133. The molecule has 0 unspecified atom stereocenters. The molecule has 0 saturated heterocycles. The molecule has 0 bridgehead atoms. The van der Waals surface area contributed by atoms with Gasteiger partial charge in [-0.1, -0.05) is 24.3 Å². The van der Waals surface area contributed by atoms with Gasteiger partial charge in [-0.3, -0.25) is 25.4 Å². The van der Waals surface area contributed by atoms with E-state index in [0.717, 1.165) is 5.56 Å². The summed E-state index contributed by atoms with van der Waals surface area (Å²) in [5.74, 6) is -0.163. The summed E-state index contributed by atoms with van der Waals surface area (Å²) in [6.07, 6.45) is 1.36. The number of carbonyl (C=O) groups is 2. The van der Waals surface area contributed by atoms with Gasteiger partial charge in [0.25, 0.3) is 11.8 Å². The van der Waals surface area contributed by atoms with E-state index in [-0.39, 0.29) is 5.69 Å². The Labute approximate surface area is 121 Å². The Morgan fingerprint density at radius 3 is 2.67 bits per heavy atom. The van der Waals surface area contributed by atoms with Crippen molar-refractivity contribution >= 4 is 11.8 Å². The first-order valence-electron chi connectivity index (χ1n) is 6.50. The van der Waals surface area contributed by atoms with Gasteiger partial charge < -0.3 is 4.74 Å². The van der Waals surface area contributed by atoms with E-state index in [4.69, 9.17) is 4.74 Å². The molecule has 1 aromatic carbocycles. The molecule has 2 heterocycles. The van der Waals surface area contributed by atoms with Gasteiger partial charge in [0.05, 0.1) is 0 Å². The molecular formula is C15H13N3O3. The summed E-state index contributed by atoms with van der Waals surface area (Å²) in [5.41, 5.74) is 5.89. The Morgan fingerprint density at radius 1 is 1.10 bits per heavy atom. The van der Waals surface area contributed by atoms with Gasteiger partial charge >= 0.3 is 0 Å². The lowest BCUT2D eigenvalue weighted by atomic mass is 10.1. The molecule has 2 amide bonds. The van der Waals surface area contributed by atoms with Crippen molar-refractivity contribution in [2.75, 3.05) is 0 Å². The third-order valence-electron chi connectivity index (χ3n) is 3.14. The number of hydrogen-bond acceptors (Lipinski definition) is 4. The molecule has 21 heavy (non-hydrogen) atoms. The van der Waals surface area contributed by atoms with Gasteiger partial charge in [0, 0.05) is 12.6 Å². The number of carbonyl (C=O) groups excluding carboxylic acids is 2. The second kappa shape index (κ2) is 5.62. The van der Waals surface area contributed by atoms with Crippen LogP contribution in [0.15, 0.2) is 48.7 Å². The third kappa shape index (κ3) is 2.84. The number of hydrazine groups is 1. The molecule has 1 aliphatic heterocycles. The number of pyridine rings is 1. The summed E-state index contributed by atoms with van der Waals surface area (Å²) < 4.78 is 5.53. The molecule has 106 valence electrons. The second-order valence-electron chi connectivity index (χ2n) is 4.58. The number of para-hydroxylation sites is 1. The van der Waals surface area contributed by atoms with Crippen molar-refractivity contribution in [1.29, 1.82) is 0 Å². The van der Waals surface area contributed by atoms with Crippen molar-refractivity contribution in [3.8, 4) is 5.75 Å². The van der Waals surface area contributed by atoms with Crippen LogP contribution >= 0.6 is 0 Å². The average molecular weight is 283 g/mol. The first kappa shape index (κ1) is 13.1. The van der Waals surface area contributed by atoms with Crippen molar-refractivity contribution in [1.82, 2.24) is 15.8 Å². The van der Waals surface area contributed by atoms with E-state index in [9.17, 15) is 9.59 Å². The highest BCUT2D eigenvalue weighted by Crippen LogP contribution is 2.27. The summed E-state index contributed by atoms with van der Waals surface area (Å²) in [7, 11) is 0. The van der Waals surface area contributed by atoms with Crippen LogP contribution < -0.4 is 15.6 Å². The van der Waals surface area contributed by atoms with Crippen LogP contribution in [0.4, 0.5) is 0 Å².